The fourth-order valence-corrected chi connectivity index (χ4v) is 1.36. The van der Waals surface area contributed by atoms with Gasteiger partial charge in [-0.05, 0) is 19.3 Å². The Morgan fingerprint density at radius 2 is 1.95 bits per heavy atom. The summed E-state index contributed by atoms with van der Waals surface area (Å²) in [5, 5.41) is 13.5. The van der Waals surface area contributed by atoms with Crippen LogP contribution < -0.4 is 16.4 Å². The summed E-state index contributed by atoms with van der Waals surface area (Å²) in [5.41, 5.74) is 4.89. The number of hydrogen-bond donors (Lipinski definition) is 4. The van der Waals surface area contributed by atoms with Crippen LogP contribution in [-0.2, 0) is 14.3 Å². The monoisotopic (exact) mass is 275 g/mol. The van der Waals surface area contributed by atoms with Crippen LogP contribution in [0.3, 0.4) is 0 Å². The van der Waals surface area contributed by atoms with Crippen LogP contribution in [0.2, 0.25) is 0 Å². The van der Waals surface area contributed by atoms with Gasteiger partial charge in [-0.1, -0.05) is 0 Å². The molecule has 19 heavy (non-hydrogen) atoms. The number of amides is 3. The Morgan fingerprint density at radius 3 is 2.47 bits per heavy atom. The molecule has 0 aromatic rings. The lowest BCUT2D eigenvalue weighted by atomic mass is 10.2. The van der Waals surface area contributed by atoms with E-state index in [0.717, 1.165) is 19.3 Å². The maximum Gasteiger partial charge on any atom is 0.326 e. The zero-order valence-electron chi connectivity index (χ0n) is 11.0. The second-order valence-electron chi connectivity index (χ2n) is 4.01. The van der Waals surface area contributed by atoms with Crippen molar-refractivity contribution >= 4 is 17.9 Å². The summed E-state index contributed by atoms with van der Waals surface area (Å²) in [6.45, 7) is 1.10. The first kappa shape index (κ1) is 17.2. The van der Waals surface area contributed by atoms with E-state index in [9.17, 15) is 14.4 Å². The minimum absolute atomic E-state index is 0.429. The van der Waals surface area contributed by atoms with Crippen LogP contribution in [0.15, 0.2) is 0 Å². The number of hydrogen-bond acceptors (Lipinski definition) is 4. The molecule has 8 heteroatoms. The van der Waals surface area contributed by atoms with Crippen LogP contribution in [0, 0.1) is 0 Å². The lowest BCUT2D eigenvalue weighted by molar-refractivity contribution is -0.140. The van der Waals surface area contributed by atoms with Gasteiger partial charge in [-0.2, -0.15) is 0 Å². The van der Waals surface area contributed by atoms with Crippen molar-refractivity contribution in [3.63, 3.8) is 0 Å². The summed E-state index contributed by atoms with van der Waals surface area (Å²) < 4.78 is 4.88. The van der Waals surface area contributed by atoms with E-state index in [1.54, 1.807) is 7.11 Å². The summed E-state index contributed by atoms with van der Waals surface area (Å²) in [7, 11) is 1.62. The first-order valence-corrected chi connectivity index (χ1v) is 6.01. The third-order valence-electron chi connectivity index (χ3n) is 2.32. The van der Waals surface area contributed by atoms with Crippen molar-refractivity contribution in [2.75, 3.05) is 20.3 Å². The number of carboxylic acids is 1. The van der Waals surface area contributed by atoms with Gasteiger partial charge in [-0.3, -0.25) is 4.79 Å². The van der Waals surface area contributed by atoms with E-state index >= 15 is 0 Å². The van der Waals surface area contributed by atoms with Gasteiger partial charge >= 0.3 is 12.0 Å². The molecule has 0 rings (SSSR count). The number of ether oxygens (including phenoxy) is 1. The molecule has 0 spiro atoms. The standard InChI is InChI=1S/C11H21N3O5/c1-19-6-4-2-3-5-13-11(18)14-8(10(16)17)7-9(12)15/h8H,2-7H2,1H3,(H2,12,15)(H,16,17)(H2,13,14,18). The molecule has 1 unspecified atom stereocenters. The van der Waals surface area contributed by atoms with Gasteiger partial charge in [-0.15, -0.1) is 0 Å². The topological polar surface area (TPSA) is 131 Å². The SMILES string of the molecule is COCCCCCNC(=O)NC(CC(N)=O)C(=O)O. The number of carboxylic acid groups (broad SMARTS) is 1. The highest BCUT2D eigenvalue weighted by molar-refractivity contribution is 5.87. The largest absolute Gasteiger partial charge is 0.480 e. The van der Waals surface area contributed by atoms with Crippen molar-refractivity contribution in [3.05, 3.63) is 0 Å². The Labute approximate surface area is 111 Å². The predicted octanol–water partition coefficient (Wildman–Crippen LogP) is -0.569. The number of nitrogens with one attached hydrogen (secondary N) is 2. The molecule has 0 aromatic heterocycles. The smallest absolute Gasteiger partial charge is 0.326 e. The van der Waals surface area contributed by atoms with Crippen LogP contribution in [0.5, 0.6) is 0 Å². The molecule has 0 heterocycles. The van der Waals surface area contributed by atoms with E-state index in [1.807, 2.05) is 0 Å². The molecule has 0 saturated carbocycles. The molecule has 0 aromatic carbocycles. The number of methoxy groups -OCH3 is 1. The Morgan fingerprint density at radius 1 is 1.26 bits per heavy atom. The van der Waals surface area contributed by atoms with Gasteiger partial charge in [0.1, 0.15) is 6.04 Å². The number of primary amides is 1. The van der Waals surface area contributed by atoms with E-state index in [4.69, 9.17) is 15.6 Å². The van der Waals surface area contributed by atoms with Gasteiger partial charge < -0.3 is 26.2 Å². The normalized spacial score (nSPS) is 11.6. The Balaban J connectivity index is 3.81. The predicted molar refractivity (Wildman–Crippen MR) is 67.5 cm³/mol. The summed E-state index contributed by atoms with van der Waals surface area (Å²) in [6.07, 6.45) is 2.14. The molecule has 0 aliphatic heterocycles. The Hall–Kier alpha value is -1.83. The maximum atomic E-state index is 11.4. The highest BCUT2D eigenvalue weighted by atomic mass is 16.5. The number of carbonyl (C=O) groups is 3. The number of carbonyl (C=O) groups excluding carboxylic acids is 2. The van der Waals surface area contributed by atoms with Gasteiger partial charge in [0.25, 0.3) is 0 Å². The minimum Gasteiger partial charge on any atom is -0.480 e. The molecule has 0 radical (unpaired) electrons. The number of unbranched alkanes of at least 4 members (excludes halogenated alkanes) is 2. The second kappa shape index (κ2) is 10.1. The third-order valence-corrected chi connectivity index (χ3v) is 2.32. The molecule has 0 fully saturated rings. The molecule has 0 saturated heterocycles. The molecule has 3 amide bonds. The van der Waals surface area contributed by atoms with E-state index in [0.29, 0.717) is 13.2 Å². The Kier molecular flexibility index (Phi) is 9.15. The van der Waals surface area contributed by atoms with Crippen LogP contribution in [0.1, 0.15) is 25.7 Å². The van der Waals surface area contributed by atoms with Crippen molar-refractivity contribution in [1.82, 2.24) is 10.6 Å². The van der Waals surface area contributed by atoms with Crippen molar-refractivity contribution < 1.29 is 24.2 Å². The quantitative estimate of drug-likeness (QED) is 0.397. The Bertz CT molecular complexity index is 309. The van der Waals surface area contributed by atoms with Gasteiger partial charge in [-0.25, -0.2) is 9.59 Å². The van der Waals surface area contributed by atoms with Crippen LogP contribution >= 0.6 is 0 Å². The number of aliphatic carboxylic acids is 1. The van der Waals surface area contributed by atoms with Crippen molar-refractivity contribution in [3.8, 4) is 0 Å². The zero-order chi connectivity index (χ0) is 14.7. The molecule has 8 nitrogen and oxygen atoms in total. The molecular formula is C11H21N3O5. The van der Waals surface area contributed by atoms with E-state index < -0.39 is 30.4 Å². The van der Waals surface area contributed by atoms with Gasteiger partial charge in [0.2, 0.25) is 5.91 Å². The minimum atomic E-state index is -1.30. The summed E-state index contributed by atoms with van der Waals surface area (Å²) >= 11 is 0. The van der Waals surface area contributed by atoms with E-state index in [1.165, 1.54) is 0 Å². The molecular weight excluding hydrogens is 254 g/mol. The van der Waals surface area contributed by atoms with Crippen molar-refractivity contribution in [2.24, 2.45) is 5.73 Å². The van der Waals surface area contributed by atoms with Gasteiger partial charge in [0, 0.05) is 20.3 Å². The number of urea groups is 1. The lowest BCUT2D eigenvalue weighted by Gasteiger charge is -2.13. The third kappa shape index (κ3) is 9.83. The summed E-state index contributed by atoms with van der Waals surface area (Å²) in [4.78, 5) is 32.8. The number of rotatable bonds is 10. The van der Waals surface area contributed by atoms with Crippen molar-refractivity contribution in [2.45, 2.75) is 31.7 Å². The van der Waals surface area contributed by atoms with E-state index in [-0.39, 0.29) is 0 Å². The molecule has 1 atom stereocenters. The van der Waals surface area contributed by atoms with Crippen LogP contribution in [-0.4, -0.2) is 49.3 Å². The lowest BCUT2D eigenvalue weighted by Crippen LogP contribution is -2.47. The maximum absolute atomic E-state index is 11.4. The zero-order valence-corrected chi connectivity index (χ0v) is 11.0. The highest BCUT2D eigenvalue weighted by Gasteiger charge is 2.21. The van der Waals surface area contributed by atoms with Crippen LogP contribution in [0.4, 0.5) is 4.79 Å². The molecule has 0 aliphatic rings. The molecule has 0 aliphatic carbocycles. The van der Waals surface area contributed by atoms with Crippen LogP contribution in [0.25, 0.3) is 0 Å². The molecule has 0 bridgehead atoms. The summed E-state index contributed by atoms with van der Waals surface area (Å²) in [5.74, 6) is -2.08. The average molecular weight is 275 g/mol. The fourth-order valence-electron chi connectivity index (χ4n) is 1.36. The molecule has 5 N–H and O–H groups in total. The van der Waals surface area contributed by atoms with E-state index in [2.05, 4.69) is 10.6 Å². The van der Waals surface area contributed by atoms with Gasteiger partial charge in [0.05, 0.1) is 6.42 Å². The second-order valence-corrected chi connectivity index (χ2v) is 4.01. The fraction of sp³-hybridized carbons (Fsp3) is 0.727. The number of nitrogens with two attached hydrogens (primary N) is 1. The highest BCUT2D eigenvalue weighted by Crippen LogP contribution is 1.94. The van der Waals surface area contributed by atoms with Gasteiger partial charge in [0.15, 0.2) is 0 Å². The first-order valence-electron chi connectivity index (χ1n) is 6.01. The molecule has 110 valence electrons. The first-order chi connectivity index (χ1) is 8.97. The average Bonchev–Trinajstić information content (AvgIpc) is 2.32. The van der Waals surface area contributed by atoms with Crippen molar-refractivity contribution in [1.29, 1.82) is 0 Å². The summed E-state index contributed by atoms with van der Waals surface area (Å²) in [6, 6.07) is -1.92.